The van der Waals surface area contributed by atoms with E-state index in [0.29, 0.717) is 5.69 Å². The fraction of sp³-hybridized carbons (Fsp3) is 0.0769. The number of rotatable bonds is 4. The van der Waals surface area contributed by atoms with Gasteiger partial charge in [-0.25, -0.2) is 14.8 Å². The average molecular weight is 339 g/mol. The zero-order valence-electron chi connectivity index (χ0n) is 11.7. The molecule has 0 aliphatic carbocycles. The minimum Gasteiger partial charge on any atom is -0.406 e. The number of hydrogen-bond acceptors (Lipinski definition) is 7. The molecule has 3 aromatic rings. The first kappa shape index (κ1) is 15.5. The van der Waals surface area contributed by atoms with Gasteiger partial charge in [-0.2, -0.15) is 0 Å². The third-order valence-electron chi connectivity index (χ3n) is 2.71. The third kappa shape index (κ3) is 3.69. The second kappa shape index (κ2) is 6.02. The summed E-state index contributed by atoms with van der Waals surface area (Å²) in [6.07, 6.45) is -1.98. The average Bonchev–Trinajstić information content (AvgIpc) is 2.95. The lowest BCUT2D eigenvalue weighted by molar-refractivity contribution is -0.274. The molecular weight excluding hydrogens is 331 g/mol. The van der Waals surface area contributed by atoms with Crippen molar-refractivity contribution >= 4 is 11.5 Å². The molecule has 0 fully saturated rings. The Balaban J connectivity index is 1.83. The van der Waals surface area contributed by atoms with Crippen LogP contribution in [0.25, 0.3) is 11.5 Å². The molecule has 0 amide bonds. The molecule has 2 heterocycles. The minimum atomic E-state index is -4.76. The summed E-state index contributed by atoms with van der Waals surface area (Å²) < 4.78 is 44.6. The molecule has 0 saturated heterocycles. The lowest BCUT2D eigenvalue weighted by Crippen LogP contribution is -2.17. The molecule has 8 nitrogen and oxygen atoms in total. The predicted octanol–water partition coefficient (Wildman–Crippen LogP) is 2.46. The largest absolute Gasteiger partial charge is 0.573 e. The summed E-state index contributed by atoms with van der Waals surface area (Å²) in [6.45, 7) is 0. The smallest absolute Gasteiger partial charge is 0.406 e. The molecule has 2 aromatic heterocycles. The number of hydrogen-bond donors (Lipinski definition) is 2. The van der Waals surface area contributed by atoms with Gasteiger partial charge in [0.15, 0.2) is 11.5 Å². The molecule has 11 heteroatoms. The molecule has 0 atom stereocenters. The molecule has 0 unspecified atom stereocenters. The van der Waals surface area contributed by atoms with Gasteiger partial charge in [0.25, 0.3) is 0 Å². The van der Waals surface area contributed by atoms with E-state index in [1.165, 1.54) is 24.5 Å². The van der Waals surface area contributed by atoms with Gasteiger partial charge in [-0.3, -0.25) is 9.51 Å². The van der Waals surface area contributed by atoms with Gasteiger partial charge < -0.3 is 10.1 Å². The summed E-state index contributed by atoms with van der Waals surface area (Å²) in [5.41, 5.74) is 0.635. The number of aromatic nitrogens is 4. The Labute approximate surface area is 131 Å². The summed E-state index contributed by atoms with van der Waals surface area (Å²) in [5, 5.41) is 6.37. The van der Waals surface area contributed by atoms with Gasteiger partial charge in [0.05, 0.1) is 0 Å². The van der Waals surface area contributed by atoms with Crippen LogP contribution in [0.2, 0.25) is 0 Å². The van der Waals surface area contributed by atoms with Crippen LogP contribution in [0.15, 0.2) is 46.0 Å². The molecular formula is C13H8F3N5O3. The Bertz CT molecular complexity index is 889. The van der Waals surface area contributed by atoms with Gasteiger partial charge in [0, 0.05) is 18.1 Å². The summed E-state index contributed by atoms with van der Waals surface area (Å²) in [4.78, 5) is 21.4. The zero-order valence-corrected chi connectivity index (χ0v) is 11.7. The molecule has 24 heavy (non-hydrogen) atoms. The number of H-pyrrole nitrogens is 1. The fourth-order valence-electron chi connectivity index (χ4n) is 1.81. The Kier molecular flexibility index (Phi) is 3.90. The molecule has 0 aliphatic rings. The van der Waals surface area contributed by atoms with Crippen LogP contribution in [0.4, 0.5) is 24.7 Å². The van der Waals surface area contributed by atoms with E-state index >= 15 is 0 Å². The van der Waals surface area contributed by atoms with Crippen LogP contribution < -0.4 is 15.8 Å². The molecule has 0 radical (unpaired) electrons. The lowest BCUT2D eigenvalue weighted by Gasteiger charge is -2.11. The van der Waals surface area contributed by atoms with E-state index in [1.807, 2.05) is 0 Å². The van der Waals surface area contributed by atoms with Crippen molar-refractivity contribution in [3.8, 4) is 17.3 Å². The highest BCUT2D eigenvalue weighted by atomic mass is 19.4. The van der Waals surface area contributed by atoms with Gasteiger partial charge in [-0.05, 0) is 24.3 Å². The maximum Gasteiger partial charge on any atom is 0.573 e. The number of benzene rings is 1. The van der Waals surface area contributed by atoms with Crippen molar-refractivity contribution in [1.29, 1.82) is 0 Å². The van der Waals surface area contributed by atoms with E-state index in [-0.39, 0.29) is 23.1 Å². The number of ether oxygens (including phenoxy) is 1. The maximum atomic E-state index is 12.1. The van der Waals surface area contributed by atoms with Gasteiger partial charge in [0.2, 0.25) is 5.82 Å². The van der Waals surface area contributed by atoms with Gasteiger partial charge >= 0.3 is 12.1 Å². The van der Waals surface area contributed by atoms with E-state index in [2.05, 4.69) is 34.7 Å². The molecule has 0 aliphatic heterocycles. The highest BCUT2D eigenvalue weighted by Gasteiger charge is 2.30. The quantitative estimate of drug-likeness (QED) is 0.752. The van der Waals surface area contributed by atoms with Crippen molar-refractivity contribution in [3.63, 3.8) is 0 Å². The van der Waals surface area contributed by atoms with Gasteiger partial charge in [-0.1, -0.05) is 5.16 Å². The minimum absolute atomic E-state index is 0.0626. The van der Waals surface area contributed by atoms with Crippen molar-refractivity contribution in [3.05, 3.63) is 47.2 Å². The first-order chi connectivity index (χ1) is 11.4. The molecule has 0 spiro atoms. The molecule has 124 valence electrons. The number of halogens is 3. The summed E-state index contributed by atoms with van der Waals surface area (Å²) in [5.74, 6) is -0.817. The maximum absolute atomic E-state index is 12.1. The number of alkyl halides is 3. The Morgan fingerprint density at radius 3 is 2.46 bits per heavy atom. The lowest BCUT2D eigenvalue weighted by atomic mass is 10.3. The van der Waals surface area contributed by atoms with E-state index in [4.69, 9.17) is 0 Å². The summed E-state index contributed by atoms with van der Waals surface area (Å²) in [7, 11) is 0. The Morgan fingerprint density at radius 1 is 1.12 bits per heavy atom. The monoisotopic (exact) mass is 339 g/mol. The fourth-order valence-corrected chi connectivity index (χ4v) is 1.81. The van der Waals surface area contributed by atoms with Crippen LogP contribution in [0.3, 0.4) is 0 Å². The number of nitrogens with one attached hydrogen (secondary N) is 2. The number of anilines is 2. The third-order valence-corrected chi connectivity index (χ3v) is 2.71. The summed E-state index contributed by atoms with van der Waals surface area (Å²) >= 11 is 0. The van der Waals surface area contributed by atoms with Crippen molar-refractivity contribution in [2.45, 2.75) is 6.36 Å². The van der Waals surface area contributed by atoms with Crippen molar-refractivity contribution in [1.82, 2.24) is 20.1 Å². The highest BCUT2D eigenvalue weighted by Crippen LogP contribution is 2.27. The first-order valence-electron chi connectivity index (χ1n) is 6.41. The van der Waals surface area contributed by atoms with Crippen LogP contribution >= 0.6 is 0 Å². The predicted molar refractivity (Wildman–Crippen MR) is 74.6 cm³/mol. The zero-order chi connectivity index (χ0) is 17.2. The molecule has 0 bridgehead atoms. The van der Waals surface area contributed by atoms with Crippen molar-refractivity contribution in [2.75, 3.05) is 5.32 Å². The molecule has 1 aromatic carbocycles. The Morgan fingerprint density at radius 2 is 1.83 bits per heavy atom. The number of aromatic amines is 1. The van der Waals surface area contributed by atoms with E-state index in [0.717, 1.165) is 12.1 Å². The standard InChI is InChI=1S/C13H8F3N5O3/c14-13(15,16)23-8-3-1-7(2-4-8)19-10-9(17-5-6-18-10)11-20-12(22)24-21-11/h1-6H,(H,18,19)(H,20,21,22). The number of nitrogens with zero attached hydrogens (tertiary/aromatic N) is 3. The normalized spacial score (nSPS) is 11.3. The Hall–Kier alpha value is -3.37. The second-order valence-electron chi connectivity index (χ2n) is 4.39. The first-order valence-corrected chi connectivity index (χ1v) is 6.41. The van der Waals surface area contributed by atoms with Crippen LogP contribution in [-0.4, -0.2) is 26.5 Å². The highest BCUT2D eigenvalue weighted by molar-refractivity contribution is 5.70. The van der Waals surface area contributed by atoms with E-state index in [1.54, 1.807) is 0 Å². The SMILES string of the molecule is O=c1[nH]c(-c2nccnc2Nc2ccc(OC(F)(F)F)cc2)no1. The van der Waals surface area contributed by atoms with Gasteiger partial charge in [-0.15, -0.1) is 13.2 Å². The topological polar surface area (TPSA) is 106 Å². The van der Waals surface area contributed by atoms with E-state index < -0.39 is 12.1 Å². The summed E-state index contributed by atoms with van der Waals surface area (Å²) in [6, 6.07) is 5.02. The van der Waals surface area contributed by atoms with E-state index in [9.17, 15) is 18.0 Å². The van der Waals surface area contributed by atoms with Crippen molar-refractivity contribution < 1.29 is 22.4 Å². The molecule has 0 saturated carbocycles. The van der Waals surface area contributed by atoms with Crippen LogP contribution in [0.5, 0.6) is 5.75 Å². The van der Waals surface area contributed by atoms with Crippen LogP contribution in [0, 0.1) is 0 Å². The van der Waals surface area contributed by atoms with Crippen LogP contribution in [-0.2, 0) is 0 Å². The van der Waals surface area contributed by atoms with Crippen molar-refractivity contribution in [2.24, 2.45) is 0 Å². The van der Waals surface area contributed by atoms with Crippen LogP contribution in [0.1, 0.15) is 0 Å². The molecule has 3 rings (SSSR count). The molecule has 2 N–H and O–H groups in total. The van der Waals surface area contributed by atoms with Gasteiger partial charge in [0.1, 0.15) is 5.75 Å². The second-order valence-corrected chi connectivity index (χ2v) is 4.39.